The number of nitro groups is 1. The number of aliphatic carboxylic acids is 1. The van der Waals surface area contributed by atoms with Gasteiger partial charge in [-0.15, -0.1) is 0 Å². The van der Waals surface area contributed by atoms with Gasteiger partial charge < -0.3 is 5.11 Å². The van der Waals surface area contributed by atoms with Gasteiger partial charge in [-0.1, -0.05) is 0 Å². The zero-order valence-corrected chi connectivity index (χ0v) is 13.5. The first-order chi connectivity index (χ1) is 9.98. The number of aryl methyl sites for hydroxylation is 2. The molecular weight excluding hydrogens is 312 g/mol. The maximum absolute atomic E-state index is 12.7. The number of benzene rings is 1. The molecule has 0 atom stereocenters. The van der Waals surface area contributed by atoms with Crippen molar-refractivity contribution in [3.63, 3.8) is 0 Å². The molecule has 1 rings (SSSR count). The zero-order valence-electron chi connectivity index (χ0n) is 12.7. The largest absolute Gasteiger partial charge is 0.480 e. The summed E-state index contributed by atoms with van der Waals surface area (Å²) in [5.74, 6) is -1.27. The molecule has 22 heavy (non-hydrogen) atoms. The lowest BCUT2D eigenvalue weighted by molar-refractivity contribution is -0.385. The summed E-state index contributed by atoms with van der Waals surface area (Å²) in [5.41, 5.74) is 0.216. The van der Waals surface area contributed by atoms with Crippen molar-refractivity contribution in [2.24, 2.45) is 0 Å². The van der Waals surface area contributed by atoms with E-state index in [9.17, 15) is 23.3 Å². The number of hydrogen-bond donors (Lipinski definition) is 1. The highest BCUT2D eigenvalue weighted by atomic mass is 32.2. The van der Waals surface area contributed by atoms with E-state index in [-0.39, 0.29) is 21.7 Å². The van der Waals surface area contributed by atoms with Crippen molar-refractivity contribution in [3.8, 4) is 0 Å². The monoisotopic (exact) mass is 330 g/mol. The topological polar surface area (TPSA) is 118 Å². The van der Waals surface area contributed by atoms with E-state index in [1.54, 1.807) is 13.8 Å². The second kappa shape index (κ2) is 6.41. The van der Waals surface area contributed by atoms with Gasteiger partial charge in [0.25, 0.3) is 5.69 Å². The Balaban J connectivity index is 3.51. The Hall–Kier alpha value is -2.00. The second-order valence-electron chi connectivity index (χ2n) is 5.20. The van der Waals surface area contributed by atoms with Crippen molar-refractivity contribution in [1.29, 1.82) is 0 Å². The first-order valence-corrected chi connectivity index (χ1v) is 7.91. The molecule has 0 saturated carbocycles. The van der Waals surface area contributed by atoms with Crippen molar-refractivity contribution in [3.05, 3.63) is 33.4 Å². The standard InChI is InChI=1S/C13H18N2O6S/c1-8(2)14(7-12(16)17)22(20,21)13-9(3)5-11(15(18)19)6-10(13)4/h5-6,8H,7H2,1-4H3,(H,16,17). The molecule has 0 aliphatic carbocycles. The van der Waals surface area contributed by atoms with Crippen LogP contribution in [0.1, 0.15) is 25.0 Å². The lowest BCUT2D eigenvalue weighted by atomic mass is 10.1. The summed E-state index contributed by atoms with van der Waals surface area (Å²) in [6, 6.07) is 1.77. The molecule has 0 bridgehead atoms. The van der Waals surface area contributed by atoms with Crippen molar-refractivity contribution < 1.29 is 23.2 Å². The molecule has 1 N–H and O–H groups in total. The highest BCUT2D eigenvalue weighted by molar-refractivity contribution is 7.89. The Morgan fingerprint density at radius 3 is 2.09 bits per heavy atom. The molecular formula is C13H18N2O6S. The summed E-state index contributed by atoms with van der Waals surface area (Å²) in [4.78, 5) is 21.0. The van der Waals surface area contributed by atoms with Crippen LogP contribution >= 0.6 is 0 Å². The maximum Gasteiger partial charge on any atom is 0.318 e. The van der Waals surface area contributed by atoms with Crippen LogP contribution in [0.4, 0.5) is 5.69 Å². The number of nitro benzene ring substituents is 1. The SMILES string of the molecule is Cc1cc([N+](=O)[O-])cc(C)c1S(=O)(=O)N(CC(=O)O)C(C)C. The summed E-state index contributed by atoms with van der Waals surface area (Å²) >= 11 is 0. The lowest BCUT2D eigenvalue weighted by Crippen LogP contribution is -2.41. The van der Waals surface area contributed by atoms with E-state index in [2.05, 4.69) is 0 Å². The van der Waals surface area contributed by atoms with Crippen LogP contribution in [0.5, 0.6) is 0 Å². The number of sulfonamides is 1. The van der Waals surface area contributed by atoms with E-state index in [0.717, 1.165) is 4.31 Å². The molecule has 0 fully saturated rings. The molecule has 1 aromatic rings. The number of carbonyl (C=O) groups is 1. The smallest absolute Gasteiger partial charge is 0.318 e. The summed E-state index contributed by atoms with van der Waals surface area (Å²) < 4.78 is 26.3. The van der Waals surface area contributed by atoms with Crippen LogP contribution in [0, 0.1) is 24.0 Å². The number of hydrogen-bond acceptors (Lipinski definition) is 5. The Kier molecular flexibility index (Phi) is 5.26. The molecule has 0 aliphatic heterocycles. The number of carboxylic acid groups (broad SMARTS) is 1. The number of rotatable bonds is 6. The van der Waals surface area contributed by atoms with Crippen molar-refractivity contribution in [2.75, 3.05) is 6.54 Å². The predicted octanol–water partition coefficient (Wildman–Crippen LogP) is 1.70. The fourth-order valence-corrected chi connectivity index (χ4v) is 4.24. The van der Waals surface area contributed by atoms with Gasteiger partial charge in [-0.05, 0) is 38.8 Å². The summed E-state index contributed by atoms with van der Waals surface area (Å²) in [7, 11) is -4.07. The lowest BCUT2D eigenvalue weighted by Gasteiger charge is -2.25. The first kappa shape index (κ1) is 18.1. The van der Waals surface area contributed by atoms with Crippen LogP contribution in [0.3, 0.4) is 0 Å². The third kappa shape index (κ3) is 3.60. The minimum Gasteiger partial charge on any atom is -0.480 e. The maximum atomic E-state index is 12.7. The van der Waals surface area contributed by atoms with E-state index in [1.165, 1.54) is 26.0 Å². The van der Waals surface area contributed by atoms with Crippen LogP contribution in [0.25, 0.3) is 0 Å². The van der Waals surface area contributed by atoms with E-state index >= 15 is 0 Å². The third-order valence-electron chi connectivity index (χ3n) is 3.09. The summed E-state index contributed by atoms with van der Waals surface area (Å²) in [6.07, 6.45) is 0. The molecule has 0 heterocycles. The first-order valence-electron chi connectivity index (χ1n) is 6.47. The molecule has 8 nitrogen and oxygen atoms in total. The van der Waals surface area contributed by atoms with Gasteiger partial charge >= 0.3 is 5.97 Å². The Morgan fingerprint density at radius 2 is 1.77 bits per heavy atom. The van der Waals surface area contributed by atoms with E-state index in [0.29, 0.717) is 0 Å². The van der Waals surface area contributed by atoms with Crippen LogP contribution in [0.2, 0.25) is 0 Å². The van der Waals surface area contributed by atoms with Gasteiger partial charge in [0.2, 0.25) is 10.0 Å². The van der Waals surface area contributed by atoms with Crippen molar-refractivity contribution >= 4 is 21.7 Å². The molecule has 9 heteroatoms. The summed E-state index contributed by atoms with van der Waals surface area (Å²) in [5, 5.41) is 19.7. The minimum absolute atomic E-state index is 0.0898. The highest BCUT2D eigenvalue weighted by Gasteiger charge is 2.32. The van der Waals surface area contributed by atoms with Gasteiger partial charge in [0.05, 0.1) is 9.82 Å². The molecule has 0 spiro atoms. The van der Waals surface area contributed by atoms with Crippen LogP contribution in [-0.2, 0) is 14.8 Å². The fraction of sp³-hybridized carbons (Fsp3) is 0.462. The second-order valence-corrected chi connectivity index (χ2v) is 7.03. The average Bonchev–Trinajstić information content (AvgIpc) is 2.33. The average molecular weight is 330 g/mol. The van der Waals surface area contributed by atoms with Crippen molar-refractivity contribution in [1.82, 2.24) is 4.31 Å². The molecule has 1 aromatic carbocycles. The quantitative estimate of drug-likeness (QED) is 0.626. The Labute approximate surface area is 128 Å². The molecule has 0 unspecified atom stereocenters. The van der Waals surface area contributed by atoms with Crippen LogP contribution < -0.4 is 0 Å². The molecule has 0 aromatic heterocycles. The Morgan fingerprint density at radius 1 is 1.32 bits per heavy atom. The van der Waals surface area contributed by atoms with Gasteiger partial charge in [-0.3, -0.25) is 14.9 Å². The molecule has 0 radical (unpaired) electrons. The number of carboxylic acids is 1. The van der Waals surface area contributed by atoms with Gasteiger partial charge in [0.1, 0.15) is 6.54 Å². The molecule has 0 amide bonds. The highest BCUT2D eigenvalue weighted by Crippen LogP contribution is 2.29. The molecule has 122 valence electrons. The van der Waals surface area contributed by atoms with Crippen LogP contribution in [-0.4, -0.2) is 41.3 Å². The van der Waals surface area contributed by atoms with E-state index < -0.39 is 33.5 Å². The van der Waals surface area contributed by atoms with E-state index in [4.69, 9.17) is 5.11 Å². The Bertz CT molecular complexity index is 688. The van der Waals surface area contributed by atoms with Gasteiger partial charge in [0.15, 0.2) is 0 Å². The van der Waals surface area contributed by atoms with Gasteiger partial charge in [0, 0.05) is 18.2 Å². The van der Waals surface area contributed by atoms with E-state index in [1.807, 2.05) is 0 Å². The normalized spacial score (nSPS) is 11.9. The minimum atomic E-state index is -4.07. The van der Waals surface area contributed by atoms with Gasteiger partial charge in [-0.25, -0.2) is 8.42 Å². The summed E-state index contributed by atoms with van der Waals surface area (Å²) in [6.45, 7) is 5.36. The number of nitrogens with zero attached hydrogens (tertiary/aromatic N) is 2. The zero-order chi connectivity index (χ0) is 17.2. The van der Waals surface area contributed by atoms with Gasteiger partial charge in [-0.2, -0.15) is 4.31 Å². The molecule has 0 aliphatic rings. The predicted molar refractivity (Wildman–Crippen MR) is 79.2 cm³/mol. The third-order valence-corrected chi connectivity index (χ3v) is 5.42. The van der Waals surface area contributed by atoms with Crippen LogP contribution in [0.15, 0.2) is 17.0 Å². The number of non-ortho nitro benzene ring substituents is 1. The van der Waals surface area contributed by atoms with Crippen molar-refractivity contribution in [2.45, 2.75) is 38.6 Å². The molecule has 0 saturated heterocycles. The fourth-order valence-electron chi connectivity index (χ4n) is 2.24.